The molecule has 0 amide bonds. The average Bonchev–Trinajstić information content (AvgIpc) is 2.10. The second kappa shape index (κ2) is 4.20. The molecular weight excluding hydrogens is 173 g/mol. The van der Waals surface area contributed by atoms with Gasteiger partial charge in [0, 0.05) is 25.5 Å². The van der Waals surface area contributed by atoms with Crippen molar-refractivity contribution in [1.29, 1.82) is 0 Å². The monoisotopic (exact) mass is 185 g/mol. The topological polar surface area (TPSA) is 44.5 Å². The number of rotatable bonds is 3. The van der Waals surface area contributed by atoms with Crippen LogP contribution in [0.2, 0.25) is 0 Å². The Morgan fingerprint density at radius 3 is 2.38 bits per heavy atom. The van der Waals surface area contributed by atoms with Crippen molar-refractivity contribution in [2.45, 2.75) is 6.29 Å². The van der Waals surface area contributed by atoms with Gasteiger partial charge in [0.2, 0.25) is 0 Å². The smallest absolute Gasteiger partial charge is 0.185 e. The van der Waals surface area contributed by atoms with Crippen LogP contribution < -0.4 is 5.73 Å². The highest BCUT2D eigenvalue weighted by Crippen LogP contribution is 2.22. The third kappa shape index (κ3) is 2.17. The fourth-order valence-corrected chi connectivity index (χ4v) is 1.08. The first-order valence-electron chi connectivity index (χ1n) is 3.79. The van der Waals surface area contributed by atoms with Crippen molar-refractivity contribution in [1.82, 2.24) is 0 Å². The van der Waals surface area contributed by atoms with E-state index in [0.29, 0.717) is 11.3 Å². The normalized spacial score (nSPS) is 10.8. The second-order valence-electron chi connectivity index (χ2n) is 2.58. The number of methoxy groups -OCH3 is 2. The Morgan fingerprint density at radius 2 is 1.92 bits per heavy atom. The van der Waals surface area contributed by atoms with Gasteiger partial charge in [0.05, 0.1) is 0 Å². The summed E-state index contributed by atoms with van der Waals surface area (Å²) >= 11 is 0. The maximum absolute atomic E-state index is 13.2. The van der Waals surface area contributed by atoms with E-state index in [2.05, 4.69) is 0 Å². The largest absolute Gasteiger partial charge is 0.399 e. The summed E-state index contributed by atoms with van der Waals surface area (Å²) < 4.78 is 23.0. The molecule has 0 aliphatic carbocycles. The molecule has 0 saturated heterocycles. The van der Waals surface area contributed by atoms with Crippen LogP contribution in [0.15, 0.2) is 18.2 Å². The molecule has 4 heteroatoms. The van der Waals surface area contributed by atoms with Crippen molar-refractivity contribution in [3.63, 3.8) is 0 Å². The lowest BCUT2D eigenvalue weighted by atomic mass is 10.2. The van der Waals surface area contributed by atoms with Crippen LogP contribution in [-0.4, -0.2) is 14.2 Å². The van der Waals surface area contributed by atoms with Gasteiger partial charge in [0.1, 0.15) is 5.82 Å². The number of anilines is 1. The lowest BCUT2D eigenvalue weighted by Gasteiger charge is -2.14. The number of hydrogen-bond acceptors (Lipinski definition) is 3. The summed E-state index contributed by atoms with van der Waals surface area (Å²) in [6, 6.07) is 4.38. The number of benzene rings is 1. The van der Waals surface area contributed by atoms with Gasteiger partial charge in [-0.25, -0.2) is 4.39 Å². The third-order valence-electron chi connectivity index (χ3n) is 1.71. The van der Waals surface area contributed by atoms with Crippen LogP contribution in [0.4, 0.5) is 10.1 Å². The molecule has 0 radical (unpaired) electrons. The standard InChI is InChI=1S/C9H12FNO2/c1-12-9(13-2)7-4-3-6(11)5-8(7)10/h3-5,9H,11H2,1-2H3. The molecule has 1 rings (SSSR count). The highest BCUT2D eigenvalue weighted by atomic mass is 19.1. The molecule has 0 saturated carbocycles. The molecule has 0 aromatic heterocycles. The average molecular weight is 185 g/mol. The predicted molar refractivity (Wildman–Crippen MR) is 47.6 cm³/mol. The molecule has 0 heterocycles. The van der Waals surface area contributed by atoms with E-state index < -0.39 is 12.1 Å². The van der Waals surface area contributed by atoms with E-state index in [1.54, 1.807) is 12.1 Å². The predicted octanol–water partition coefficient (Wildman–Crippen LogP) is 1.70. The summed E-state index contributed by atoms with van der Waals surface area (Å²) in [7, 11) is 2.90. The van der Waals surface area contributed by atoms with Crippen molar-refractivity contribution in [2.75, 3.05) is 20.0 Å². The number of halogens is 1. The van der Waals surface area contributed by atoms with Crippen LogP contribution >= 0.6 is 0 Å². The molecule has 0 aliphatic rings. The molecule has 72 valence electrons. The van der Waals surface area contributed by atoms with E-state index in [1.165, 1.54) is 20.3 Å². The molecule has 0 unspecified atom stereocenters. The Balaban J connectivity index is 2.99. The van der Waals surface area contributed by atoms with Gasteiger partial charge in [0.15, 0.2) is 6.29 Å². The zero-order valence-corrected chi connectivity index (χ0v) is 7.58. The summed E-state index contributed by atoms with van der Waals surface area (Å²) in [5, 5.41) is 0. The SMILES string of the molecule is COC(OC)c1ccc(N)cc1F. The summed E-state index contributed by atoms with van der Waals surface area (Å²) in [4.78, 5) is 0. The summed E-state index contributed by atoms with van der Waals surface area (Å²) in [5.74, 6) is -0.422. The van der Waals surface area contributed by atoms with Gasteiger partial charge < -0.3 is 15.2 Å². The van der Waals surface area contributed by atoms with E-state index in [4.69, 9.17) is 15.2 Å². The van der Waals surface area contributed by atoms with E-state index in [1.807, 2.05) is 0 Å². The molecule has 1 aromatic rings. The Kier molecular flexibility index (Phi) is 3.22. The summed E-state index contributed by atoms with van der Waals surface area (Å²) in [5.41, 5.74) is 6.12. The van der Waals surface area contributed by atoms with Gasteiger partial charge in [0.25, 0.3) is 0 Å². The molecular formula is C9H12FNO2. The van der Waals surface area contributed by atoms with Crippen LogP contribution in [0, 0.1) is 5.82 Å². The quantitative estimate of drug-likeness (QED) is 0.575. The van der Waals surface area contributed by atoms with Crippen molar-refractivity contribution in [2.24, 2.45) is 0 Å². The van der Waals surface area contributed by atoms with Crippen LogP contribution in [0.5, 0.6) is 0 Å². The Morgan fingerprint density at radius 1 is 1.31 bits per heavy atom. The molecule has 0 fully saturated rings. The van der Waals surface area contributed by atoms with Crippen LogP contribution in [0.3, 0.4) is 0 Å². The lowest BCUT2D eigenvalue weighted by molar-refractivity contribution is -0.107. The maximum atomic E-state index is 13.2. The number of nitrogens with two attached hydrogens (primary N) is 1. The zero-order valence-electron chi connectivity index (χ0n) is 7.58. The van der Waals surface area contributed by atoms with Crippen molar-refractivity contribution >= 4 is 5.69 Å². The minimum atomic E-state index is -0.680. The van der Waals surface area contributed by atoms with Crippen molar-refractivity contribution < 1.29 is 13.9 Å². The Hall–Kier alpha value is -1.13. The first-order valence-corrected chi connectivity index (χ1v) is 3.79. The Bertz CT molecular complexity index is 287. The molecule has 0 spiro atoms. The molecule has 0 bridgehead atoms. The Labute approximate surface area is 76.3 Å². The first kappa shape index (κ1) is 9.95. The van der Waals surface area contributed by atoms with Crippen LogP contribution in [-0.2, 0) is 9.47 Å². The minimum absolute atomic E-state index is 0.346. The van der Waals surface area contributed by atoms with Gasteiger partial charge in [-0.1, -0.05) is 0 Å². The molecule has 1 aromatic carbocycles. The summed E-state index contributed by atoms with van der Waals surface area (Å²) in [6.07, 6.45) is -0.680. The van der Waals surface area contributed by atoms with Gasteiger partial charge in [-0.3, -0.25) is 0 Å². The summed E-state index contributed by atoms with van der Waals surface area (Å²) in [6.45, 7) is 0. The van der Waals surface area contributed by atoms with E-state index in [0.717, 1.165) is 0 Å². The molecule has 0 atom stereocenters. The minimum Gasteiger partial charge on any atom is -0.399 e. The number of ether oxygens (including phenoxy) is 2. The molecule has 2 N–H and O–H groups in total. The molecule has 3 nitrogen and oxygen atoms in total. The molecule has 13 heavy (non-hydrogen) atoms. The van der Waals surface area contributed by atoms with Gasteiger partial charge in [-0.2, -0.15) is 0 Å². The third-order valence-corrected chi connectivity index (χ3v) is 1.71. The van der Waals surface area contributed by atoms with Gasteiger partial charge >= 0.3 is 0 Å². The lowest BCUT2D eigenvalue weighted by Crippen LogP contribution is -2.06. The maximum Gasteiger partial charge on any atom is 0.185 e. The first-order chi connectivity index (χ1) is 6.19. The molecule has 0 aliphatic heterocycles. The van der Waals surface area contributed by atoms with Gasteiger partial charge in [-0.15, -0.1) is 0 Å². The van der Waals surface area contributed by atoms with E-state index in [9.17, 15) is 4.39 Å². The van der Waals surface area contributed by atoms with Crippen molar-refractivity contribution in [3.05, 3.63) is 29.6 Å². The van der Waals surface area contributed by atoms with Crippen LogP contribution in [0.1, 0.15) is 11.9 Å². The number of hydrogen-bond donors (Lipinski definition) is 1. The zero-order chi connectivity index (χ0) is 9.84. The van der Waals surface area contributed by atoms with E-state index >= 15 is 0 Å². The van der Waals surface area contributed by atoms with Crippen molar-refractivity contribution in [3.8, 4) is 0 Å². The fourth-order valence-electron chi connectivity index (χ4n) is 1.08. The second-order valence-corrected chi connectivity index (χ2v) is 2.58. The highest BCUT2D eigenvalue weighted by molar-refractivity contribution is 5.40. The van der Waals surface area contributed by atoms with Gasteiger partial charge in [-0.05, 0) is 18.2 Å². The van der Waals surface area contributed by atoms with Crippen LogP contribution in [0.25, 0.3) is 0 Å². The fraction of sp³-hybridized carbons (Fsp3) is 0.333. The number of nitrogen functional groups attached to an aromatic ring is 1. The van der Waals surface area contributed by atoms with E-state index in [-0.39, 0.29) is 0 Å². The highest BCUT2D eigenvalue weighted by Gasteiger charge is 2.13.